The Kier molecular flexibility index (Phi) is 4.17. The smallest absolute Gasteiger partial charge is 0.309 e. The molecule has 0 atom stereocenters. The number of carbonyl (C=O) groups excluding carboxylic acids is 1. The Morgan fingerprint density at radius 2 is 2.00 bits per heavy atom. The standard InChI is InChI=1S/C14H18O3S/c1-16-13(15)10-14(8-3-9-14)17-11-4-6-12(18-2)7-5-11/h4-7H,3,8-10H2,1-2H3. The minimum absolute atomic E-state index is 0.199. The van der Waals surface area contributed by atoms with Crippen LogP contribution in [0.25, 0.3) is 0 Å². The predicted octanol–water partition coefficient (Wildman–Crippen LogP) is 3.27. The molecule has 0 amide bonds. The second kappa shape index (κ2) is 5.65. The van der Waals surface area contributed by atoms with E-state index in [0.717, 1.165) is 25.0 Å². The molecule has 1 aliphatic rings. The van der Waals surface area contributed by atoms with Crippen LogP contribution in [0, 0.1) is 0 Å². The molecule has 0 saturated heterocycles. The van der Waals surface area contributed by atoms with Crippen molar-refractivity contribution in [2.75, 3.05) is 13.4 Å². The zero-order chi connectivity index (χ0) is 13.0. The van der Waals surface area contributed by atoms with Gasteiger partial charge < -0.3 is 9.47 Å². The summed E-state index contributed by atoms with van der Waals surface area (Å²) in [5, 5.41) is 0. The Bertz CT molecular complexity index is 410. The summed E-state index contributed by atoms with van der Waals surface area (Å²) in [5.41, 5.74) is -0.339. The van der Waals surface area contributed by atoms with Crippen molar-refractivity contribution in [2.24, 2.45) is 0 Å². The highest BCUT2D eigenvalue weighted by atomic mass is 32.2. The van der Waals surface area contributed by atoms with Gasteiger partial charge in [-0.05, 0) is 49.8 Å². The molecule has 98 valence electrons. The molecule has 1 saturated carbocycles. The number of thioether (sulfide) groups is 1. The van der Waals surface area contributed by atoms with E-state index in [1.54, 1.807) is 11.8 Å². The quantitative estimate of drug-likeness (QED) is 0.605. The Balaban J connectivity index is 2.02. The highest BCUT2D eigenvalue weighted by Gasteiger charge is 2.41. The maximum Gasteiger partial charge on any atom is 0.309 e. The molecule has 3 nitrogen and oxygen atoms in total. The number of rotatable bonds is 5. The summed E-state index contributed by atoms with van der Waals surface area (Å²) in [6, 6.07) is 7.99. The van der Waals surface area contributed by atoms with E-state index in [0.29, 0.717) is 6.42 Å². The lowest BCUT2D eigenvalue weighted by Gasteiger charge is -2.41. The van der Waals surface area contributed by atoms with Crippen molar-refractivity contribution < 1.29 is 14.3 Å². The number of methoxy groups -OCH3 is 1. The molecule has 18 heavy (non-hydrogen) atoms. The molecule has 1 aromatic carbocycles. The van der Waals surface area contributed by atoms with Gasteiger partial charge in [-0.2, -0.15) is 0 Å². The first-order valence-electron chi connectivity index (χ1n) is 6.07. The van der Waals surface area contributed by atoms with Crippen molar-refractivity contribution in [3.63, 3.8) is 0 Å². The summed E-state index contributed by atoms with van der Waals surface area (Å²) in [7, 11) is 1.42. The molecule has 0 heterocycles. The number of hydrogen-bond donors (Lipinski definition) is 0. The summed E-state index contributed by atoms with van der Waals surface area (Å²) in [5.74, 6) is 0.631. The summed E-state index contributed by atoms with van der Waals surface area (Å²) >= 11 is 1.70. The van der Waals surface area contributed by atoms with E-state index in [2.05, 4.69) is 0 Å². The van der Waals surface area contributed by atoms with Crippen LogP contribution in [0.4, 0.5) is 0 Å². The van der Waals surface area contributed by atoms with Gasteiger partial charge in [-0.3, -0.25) is 4.79 Å². The van der Waals surface area contributed by atoms with Crippen LogP contribution in [0.5, 0.6) is 5.75 Å². The van der Waals surface area contributed by atoms with Crippen LogP contribution in [0.3, 0.4) is 0 Å². The fraction of sp³-hybridized carbons (Fsp3) is 0.500. The van der Waals surface area contributed by atoms with Gasteiger partial charge in [-0.1, -0.05) is 0 Å². The average Bonchev–Trinajstić information content (AvgIpc) is 2.36. The molecule has 0 spiro atoms. The third-order valence-corrected chi connectivity index (χ3v) is 4.10. The average molecular weight is 266 g/mol. The third kappa shape index (κ3) is 2.99. The van der Waals surface area contributed by atoms with E-state index in [1.807, 2.05) is 30.5 Å². The van der Waals surface area contributed by atoms with Crippen molar-refractivity contribution in [2.45, 2.75) is 36.2 Å². The second-order valence-electron chi connectivity index (χ2n) is 4.57. The van der Waals surface area contributed by atoms with Crippen LogP contribution in [0.1, 0.15) is 25.7 Å². The van der Waals surface area contributed by atoms with Gasteiger partial charge in [0, 0.05) is 4.90 Å². The van der Waals surface area contributed by atoms with Crippen molar-refractivity contribution in [3.05, 3.63) is 24.3 Å². The minimum Gasteiger partial charge on any atom is -0.487 e. The maximum absolute atomic E-state index is 11.4. The van der Waals surface area contributed by atoms with Crippen LogP contribution < -0.4 is 4.74 Å². The van der Waals surface area contributed by atoms with Crippen LogP contribution in [0.15, 0.2) is 29.2 Å². The molecule has 0 aliphatic heterocycles. The van der Waals surface area contributed by atoms with Crippen molar-refractivity contribution >= 4 is 17.7 Å². The molecule has 2 rings (SSSR count). The van der Waals surface area contributed by atoms with Crippen molar-refractivity contribution in [1.29, 1.82) is 0 Å². The fourth-order valence-corrected chi connectivity index (χ4v) is 2.52. The number of carbonyl (C=O) groups is 1. The van der Waals surface area contributed by atoms with E-state index in [9.17, 15) is 4.79 Å². The molecule has 4 heteroatoms. The van der Waals surface area contributed by atoms with Gasteiger partial charge in [-0.15, -0.1) is 11.8 Å². The normalized spacial score (nSPS) is 16.8. The Morgan fingerprint density at radius 1 is 1.33 bits per heavy atom. The van der Waals surface area contributed by atoms with Gasteiger partial charge in [0.15, 0.2) is 0 Å². The van der Waals surface area contributed by atoms with Crippen LogP contribution in [-0.2, 0) is 9.53 Å². The van der Waals surface area contributed by atoms with E-state index in [1.165, 1.54) is 12.0 Å². The topological polar surface area (TPSA) is 35.5 Å². The Hall–Kier alpha value is -1.16. The molecule has 0 unspecified atom stereocenters. The third-order valence-electron chi connectivity index (χ3n) is 3.35. The molecule has 0 bridgehead atoms. The van der Waals surface area contributed by atoms with E-state index in [-0.39, 0.29) is 11.6 Å². The number of esters is 1. The highest BCUT2D eigenvalue weighted by molar-refractivity contribution is 7.98. The van der Waals surface area contributed by atoms with Gasteiger partial charge in [0.05, 0.1) is 13.5 Å². The van der Waals surface area contributed by atoms with Crippen LogP contribution in [0.2, 0.25) is 0 Å². The number of hydrogen-bond acceptors (Lipinski definition) is 4. The molecular formula is C14H18O3S. The van der Waals surface area contributed by atoms with Crippen LogP contribution in [-0.4, -0.2) is 24.9 Å². The fourth-order valence-electron chi connectivity index (χ4n) is 2.12. The largest absolute Gasteiger partial charge is 0.487 e. The van der Waals surface area contributed by atoms with Gasteiger partial charge >= 0.3 is 5.97 Å². The first-order chi connectivity index (χ1) is 8.67. The van der Waals surface area contributed by atoms with E-state index >= 15 is 0 Å². The van der Waals surface area contributed by atoms with E-state index < -0.39 is 0 Å². The second-order valence-corrected chi connectivity index (χ2v) is 5.45. The SMILES string of the molecule is COC(=O)CC1(Oc2ccc(SC)cc2)CCC1. The predicted molar refractivity (Wildman–Crippen MR) is 72.1 cm³/mol. The maximum atomic E-state index is 11.4. The van der Waals surface area contributed by atoms with Gasteiger partial charge in [-0.25, -0.2) is 0 Å². The molecule has 1 fully saturated rings. The Labute approximate surface area is 112 Å². The monoisotopic (exact) mass is 266 g/mol. The zero-order valence-electron chi connectivity index (χ0n) is 10.8. The summed E-state index contributed by atoms with van der Waals surface area (Å²) in [6.45, 7) is 0. The number of benzene rings is 1. The lowest BCUT2D eigenvalue weighted by atomic mass is 9.77. The molecule has 1 aromatic rings. The molecule has 0 N–H and O–H groups in total. The Morgan fingerprint density at radius 3 is 2.44 bits per heavy atom. The molecular weight excluding hydrogens is 248 g/mol. The highest BCUT2D eigenvalue weighted by Crippen LogP contribution is 2.39. The van der Waals surface area contributed by atoms with Gasteiger partial charge in [0.25, 0.3) is 0 Å². The lowest BCUT2D eigenvalue weighted by Crippen LogP contribution is -2.45. The number of ether oxygens (including phenoxy) is 2. The van der Waals surface area contributed by atoms with E-state index in [4.69, 9.17) is 9.47 Å². The zero-order valence-corrected chi connectivity index (χ0v) is 11.6. The summed E-state index contributed by atoms with van der Waals surface area (Å²) in [6.07, 6.45) is 5.34. The summed E-state index contributed by atoms with van der Waals surface area (Å²) in [4.78, 5) is 12.6. The summed E-state index contributed by atoms with van der Waals surface area (Å²) < 4.78 is 10.7. The van der Waals surface area contributed by atoms with Gasteiger partial charge in [0.1, 0.15) is 11.4 Å². The first kappa shape index (κ1) is 13.3. The lowest BCUT2D eigenvalue weighted by molar-refractivity contribution is -0.148. The minimum atomic E-state index is -0.339. The van der Waals surface area contributed by atoms with Crippen molar-refractivity contribution in [1.82, 2.24) is 0 Å². The first-order valence-corrected chi connectivity index (χ1v) is 7.30. The van der Waals surface area contributed by atoms with Crippen LogP contribution >= 0.6 is 11.8 Å². The van der Waals surface area contributed by atoms with Crippen molar-refractivity contribution in [3.8, 4) is 5.75 Å². The molecule has 0 radical (unpaired) electrons. The molecule has 1 aliphatic carbocycles. The molecule has 0 aromatic heterocycles. The van der Waals surface area contributed by atoms with Gasteiger partial charge in [0.2, 0.25) is 0 Å².